The van der Waals surface area contributed by atoms with Gasteiger partial charge in [-0.05, 0) is 49.9 Å². The highest BCUT2D eigenvalue weighted by atomic mass is 19.4. The molecule has 0 radical (unpaired) electrons. The molecule has 0 unspecified atom stereocenters. The molecule has 1 aromatic carbocycles. The van der Waals surface area contributed by atoms with Gasteiger partial charge < -0.3 is 5.32 Å². The Morgan fingerprint density at radius 1 is 1.11 bits per heavy atom. The van der Waals surface area contributed by atoms with Crippen molar-refractivity contribution >= 4 is 0 Å². The van der Waals surface area contributed by atoms with Crippen molar-refractivity contribution in [3.05, 3.63) is 47.5 Å². The number of benzene rings is 1. The predicted octanol–water partition coefficient (Wildman–Crippen LogP) is 3.95. The summed E-state index contributed by atoms with van der Waals surface area (Å²) in [6, 6.07) is 6.07. The molecule has 0 aliphatic heterocycles. The van der Waals surface area contributed by atoms with Crippen LogP contribution in [-0.2, 0) is 12.6 Å². The summed E-state index contributed by atoms with van der Waals surface area (Å²) in [6.45, 7) is 0.980. The molecule has 0 heterocycles. The van der Waals surface area contributed by atoms with Gasteiger partial charge in [0.05, 0.1) is 5.56 Å². The summed E-state index contributed by atoms with van der Waals surface area (Å²) in [6.07, 6.45) is 4.07. The molecule has 1 N–H and O–H groups in total. The Hall–Kier alpha value is -1.29. The van der Waals surface area contributed by atoms with Crippen molar-refractivity contribution in [3.8, 4) is 0 Å². The minimum Gasteiger partial charge on any atom is -0.314 e. The third kappa shape index (κ3) is 5.07. The maximum absolute atomic E-state index is 12.4. The van der Waals surface area contributed by atoms with Crippen LogP contribution in [0.25, 0.3) is 0 Å². The Labute approximate surface area is 111 Å². The maximum atomic E-state index is 12.4. The first-order valence-electron chi connectivity index (χ1n) is 6.60. The highest BCUT2D eigenvalue weighted by molar-refractivity contribution is 5.25. The smallest absolute Gasteiger partial charge is 0.314 e. The Morgan fingerprint density at radius 3 is 2.37 bits per heavy atom. The van der Waals surface area contributed by atoms with Gasteiger partial charge in [0, 0.05) is 6.04 Å². The molecule has 0 spiro atoms. The first-order chi connectivity index (χ1) is 9.05. The lowest BCUT2D eigenvalue weighted by Crippen LogP contribution is -2.16. The maximum Gasteiger partial charge on any atom is 0.416 e. The second kappa shape index (κ2) is 6.24. The van der Waals surface area contributed by atoms with Gasteiger partial charge in [-0.2, -0.15) is 13.2 Å². The molecule has 19 heavy (non-hydrogen) atoms. The molecular weight excluding hydrogens is 251 g/mol. The van der Waals surface area contributed by atoms with E-state index in [1.165, 1.54) is 25.0 Å². The number of rotatable bonds is 6. The number of allylic oxidation sites excluding steroid dienone is 1. The van der Waals surface area contributed by atoms with E-state index in [0.717, 1.165) is 36.7 Å². The summed E-state index contributed by atoms with van der Waals surface area (Å²) in [4.78, 5) is 0. The zero-order chi connectivity index (χ0) is 13.7. The predicted molar refractivity (Wildman–Crippen MR) is 69.9 cm³/mol. The van der Waals surface area contributed by atoms with E-state index in [9.17, 15) is 13.2 Å². The summed E-state index contributed by atoms with van der Waals surface area (Å²) in [5.74, 6) is 0. The molecule has 4 heteroatoms. The molecule has 0 amide bonds. The van der Waals surface area contributed by atoms with Crippen LogP contribution in [0.1, 0.15) is 30.4 Å². The monoisotopic (exact) mass is 269 g/mol. The molecule has 1 aliphatic rings. The Balaban J connectivity index is 1.71. The fourth-order valence-electron chi connectivity index (χ4n) is 1.83. The van der Waals surface area contributed by atoms with Crippen LogP contribution in [0.5, 0.6) is 0 Å². The molecule has 0 saturated heterocycles. The van der Waals surface area contributed by atoms with E-state index in [-0.39, 0.29) is 0 Å². The highest BCUT2D eigenvalue weighted by Gasteiger charge is 2.29. The SMILES string of the molecule is FC(F)(F)c1ccc(CC=CCCNC2CC2)cc1. The van der Waals surface area contributed by atoms with Crippen LogP contribution in [0.2, 0.25) is 0 Å². The van der Waals surface area contributed by atoms with Gasteiger partial charge in [0.2, 0.25) is 0 Å². The van der Waals surface area contributed by atoms with Crippen LogP contribution < -0.4 is 5.32 Å². The number of hydrogen-bond donors (Lipinski definition) is 1. The third-order valence-electron chi connectivity index (χ3n) is 3.12. The first kappa shape index (κ1) is 14.1. The van der Waals surface area contributed by atoms with Crippen molar-refractivity contribution in [2.45, 2.75) is 37.9 Å². The molecule has 1 fully saturated rings. The second-order valence-electron chi connectivity index (χ2n) is 4.89. The standard InChI is InChI=1S/C15H18F3N/c16-15(17,18)13-7-5-12(6-8-13)4-2-1-3-11-19-14-9-10-14/h1-2,5-8,14,19H,3-4,9-11H2. The molecular formula is C15H18F3N. The topological polar surface area (TPSA) is 12.0 Å². The molecule has 0 bridgehead atoms. The quantitative estimate of drug-likeness (QED) is 0.609. The van der Waals surface area contributed by atoms with Gasteiger partial charge in [-0.1, -0.05) is 24.3 Å². The zero-order valence-corrected chi connectivity index (χ0v) is 10.7. The number of alkyl halides is 3. The molecule has 0 atom stereocenters. The molecule has 1 saturated carbocycles. The van der Waals surface area contributed by atoms with Crippen molar-refractivity contribution in [1.29, 1.82) is 0 Å². The molecule has 1 nitrogen and oxygen atoms in total. The van der Waals surface area contributed by atoms with E-state index in [4.69, 9.17) is 0 Å². The van der Waals surface area contributed by atoms with E-state index in [0.29, 0.717) is 6.42 Å². The van der Waals surface area contributed by atoms with E-state index in [2.05, 4.69) is 11.4 Å². The Morgan fingerprint density at radius 2 is 1.79 bits per heavy atom. The lowest BCUT2D eigenvalue weighted by Gasteiger charge is -2.06. The third-order valence-corrected chi connectivity index (χ3v) is 3.12. The normalized spacial score (nSPS) is 16.2. The van der Waals surface area contributed by atoms with Crippen molar-refractivity contribution in [1.82, 2.24) is 5.32 Å². The minimum absolute atomic E-state index is 0.589. The molecule has 0 aromatic heterocycles. The lowest BCUT2D eigenvalue weighted by molar-refractivity contribution is -0.137. The zero-order valence-electron chi connectivity index (χ0n) is 10.7. The Bertz CT molecular complexity index is 416. The summed E-state index contributed by atoms with van der Waals surface area (Å²) >= 11 is 0. The van der Waals surface area contributed by atoms with Crippen LogP contribution in [0.15, 0.2) is 36.4 Å². The van der Waals surface area contributed by atoms with E-state index >= 15 is 0 Å². The summed E-state index contributed by atoms with van der Waals surface area (Å²) in [5, 5.41) is 3.40. The van der Waals surface area contributed by atoms with Crippen molar-refractivity contribution in [2.75, 3.05) is 6.54 Å². The second-order valence-corrected chi connectivity index (χ2v) is 4.89. The first-order valence-corrected chi connectivity index (χ1v) is 6.60. The van der Waals surface area contributed by atoms with Gasteiger partial charge in [0.25, 0.3) is 0 Å². The number of halogens is 3. The van der Waals surface area contributed by atoms with Crippen molar-refractivity contribution < 1.29 is 13.2 Å². The largest absolute Gasteiger partial charge is 0.416 e. The van der Waals surface area contributed by atoms with Gasteiger partial charge in [0.1, 0.15) is 0 Å². The van der Waals surface area contributed by atoms with Crippen molar-refractivity contribution in [3.63, 3.8) is 0 Å². The summed E-state index contributed by atoms with van der Waals surface area (Å²) < 4.78 is 37.1. The van der Waals surface area contributed by atoms with Crippen LogP contribution in [0.4, 0.5) is 13.2 Å². The summed E-state index contributed by atoms with van der Waals surface area (Å²) in [5.41, 5.74) is 0.313. The van der Waals surface area contributed by atoms with E-state index in [1.54, 1.807) is 0 Å². The van der Waals surface area contributed by atoms with Crippen LogP contribution in [0, 0.1) is 0 Å². The molecule has 1 aromatic rings. The van der Waals surface area contributed by atoms with E-state index in [1.807, 2.05) is 6.08 Å². The van der Waals surface area contributed by atoms with Crippen LogP contribution >= 0.6 is 0 Å². The number of nitrogens with one attached hydrogen (secondary N) is 1. The fraction of sp³-hybridized carbons (Fsp3) is 0.467. The number of hydrogen-bond acceptors (Lipinski definition) is 1. The molecule has 2 rings (SSSR count). The average molecular weight is 269 g/mol. The van der Waals surface area contributed by atoms with E-state index < -0.39 is 11.7 Å². The fourth-order valence-corrected chi connectivity index (χ4v) is 1.83. The molecule has 1 aliphatic carbocycles. The Kier molecular flexibility index (Phi) is 4.64. The highest BCUT2D eigenvalue weighted by Crippen LogP contribution is 2.29. The minimum atomic E-state index is -4.25. The van der Waals surface area contributed by atoms with Crippen molar-refractivity contribution in [2.24, 2.45) is 0 Å². The molecule has 104 valence electrons. The lowest BCUT2D eigenvalue weighted by atomic mass is 10.1. The average Bonchev–Trinajstić information content (AvgIpc) is 3.17. The van der Waals surface area contributed by atoms with Crippen LogP contribution in [-0.4, -0.2) is 12.6 Å². The van der Waals surface area contributed by atoms with Gasteiger partial charge in [-0.25, -0.2) is 0 Å². The van der Waals surface area contributed by atoms with Gasteiger partial charge in [-0.15, -0.1) is 0 Å². The van der Waals surface area contributed by atoms with Gasteiger partial charge in [0.15, 0.2) is 0 Å². The van der Waals surface area contributed by atoms with Gasteiger partial charge >= 0.3 is 6.18 Å². The summed E-state index contributed by atoms with van der Waals surface area (Å²) in [7, 11) is 0. The van der Waals surface area contributed by atoms with Gasteiger partial charge in [-0.3, -0.25) is 0 Å². The van der Waals surface area contributed by atoms with Crippen LogP contribution in [0.3, 0.4) is 0 Å².